The van der Waals surface area contributed by atoms with Crippen LogP contribution >= 0.6 is 0 Å². The second kappa shape index (κ2) is 7.93. The molecule has 1 atom stereocenters. The minimum atomic E-state index is -0.902. The highest BCUT2D eigenvalue weighted by Gasteiger charge is 2.29. The number of carbonyl (C=O) groups excluding carboxylic acids is 2. The van der Waals surface area contributed by atoms with E-state index in [1.165, 1.54) is 6.08 Å². The van der Waals surface area contributed by atoms with Gasteiger partial charge in [-0.2, -0.15) is 0 Å². The molecule has 0 aliphatic heterocycles. The minimum Gasteiger partial charge on any atom is -0.461 e. The van der Waals surface area contributed by atoms with E-state index in [-0.39, 0.29) is 18.8 Å². The summed E-state index contributed by atoms with van der Waals surface area (Å²) in [6.07, 6.45) is 1.69. The van der Waals surface area contributed by atoms with E-state index in [1.54, 1.807) is 24.3 Å². The van der Waals surface area contributed by atoms with E-state index in [1.807, 2.05) is 36.4 Å². The van der Waals surface area contributed by atoms with Crippen LogP contribution in [0.1, 0.15) is 17.0 Å². The monoisotopic (exact) mass is 294 g/mol. The first-order valence-electron chi connectivity index (χ1n) is 7.11. The number of esters is 1. The second-order valence-corrected chi connectivity index (χ2v) is 4.89. The zero-order chi connectivity index (χ0) is 15.8. The Morgan fingerprint density at radius 2 is 1.59 bits per heavy atom. The Balaban J connectivity index is 2.22. The summed E-state index contributed by atoms with van der Waals surface area (Å²) in [7, 11) is 0. The minimum absolute atomic E-state index is 0.0980. The molecular formula is C19H18O3. The third kappa shape index (κ3) is 4.16. The zero-order valence-electron chi connectivity index (χ0n) is 12.3. The number of carbonyl (C=O) groups is 2. The van der Waals surface area contributed by atoms with Crippen molar-refractivity contribution in [2.45, 2.75) is 12.3 Å². The SMILES string of the molecule is C=CCOC(=O)[C@H](C(=O)Cc1ccccc1)c1ccccc1. The zero-order valence-corrected chi connectivity index (χ0v) is 12.3. The van der Waals surface area contributed by atoms with Gasteiger partial charge in [-0.1, -0.05) is 73.3 Å². The molecule has 2 rings (SSSR count). The fourth-order valence-corrected chi connectivity index (χ4v) is 2.22. The standard InChI is InChI=1S/C19H18O3/c1-2-13-22-19(21)18(16-11-7-4-8-12-16)17(20)14-15-9-5-3-6-10-15/h2-12,18H,1,13-14H2/t18-/m0/s1. The molecule has 3 nitrogen and oxygen atoms in total. The van der Waals surface area contributed by atoms with Crippen LogP contribution in [0.3, 0.4) is 0 Å². The summed E-state index contributed by atoms with van der Waals surface area (Å²) in [6.45, 7) is 3.61. The third-order valence-corrected chi connectivity index (χ3v) is 3.26. The van der Waals surface area contributed by atoms with Gasteiger partial charge >= 0.3 is 5.97 Å². The molecule has 0 fully saturated rings. The van der Waals surface area contributed by atoms with Gasteiger partial charge in [0.1, 0.15) is 12.5 Å². The van der Waals surface area contributed by atoms with Gasteiger partial charge in [-0.3, -0.25) is 9.59 Å². The Hall–Kier alpha value is -2.68. The average molecular weight is 294 g/mol. The summed E-state index contributed by atoms with van der Waals surface area (Å²) >= 11 is 0. The molecule has 0 amide bonds. The van der Waals surface area contributed by atoms with E-state index < -0.39 is 11.9 Å². The molecule has 0 unspecified atom stereocenters. The van der Waals surface area contributed by atoms with Crippen molar-refractivity contribution in [1.29, 1.82) is 0 Å². The molecule has 0 aromatic heterocycles. The Morgan fingerprint density at radius 3 is 2.18 bits per heavy atom. The first kappa shape index (κ1) is 15.7. The first-order valence-corrected chi connectivity index (χ1v) is 7.11. The Bertz CT molecular complexity index is 632. The van der Waals surface area contributed by atoms with Gasteiger partial charge in [-0.05, 0) is 11.1 Å². The van der Waals surface area contributed by atoms with E-state index >= 15 is 0 Å². The smallest absolute Gasteiger partial charge is 0.321 e. The van der Waals surface area contributed by atoms with Gasteiger partial charge < -0.3 is 4.74 Å². The largest absolute Gasteiger partial charge is 0.461 e. The average Bonchev–Trinajstić information content (AvgIpc) is 2.55. The highest BCUT2D eigenvalue weighted by molar-refractivity contribution is 6.05. The predicted octanol–water partition coefficient (Wildman–Crippen LogP) is 3.31. The summed E-state index contributed by atoms with van der Waals surface area (Å²) < 4.78 is 5.09. The van der Waals surface area contributed by atoms with Crippen LogP contribution in [0.4, 0.5) is 0 Å². The van der Waals surface area contributed by atoms with Crippen LogP contribution in [0.2, 0.25) is 0 Å². The van der Waals surface area contributed by atoms with Gasteiger partial charge in [-0.15, -0.1) is 0 Å². The summed E-state index contributed by atoms with van der Waals surface area (Å²) in [6, 6.07) is 18.4. The molecule has 0 radical (unpaired) electrons. The van der Waals surface area contributed by atoms with Gasteiger partial charge in [0.15, 0.2) is 5.78 Å². The summed E-state index contributed by atoms with van der Waals surface area (Å²) in [5.74, 6) is -1.61. The summed E-state index contributed by atoms with van der Waals surface area (Å²) in [5.41, 5.74) is 1.53. The fraction of sp³-hybridized carbons (Fsp3) is 0.158. The maximum absolute atomic E-state index is 12.6. The summed E-state index contributed by atoms with van der Waals surface area (Å²) in [5, 5.41) is 0. The molecule has 0 N–H and O–H groups in total. The van der Waals surface area contributed by atoms with Crippen LogP contribution in [0.5, 0.6) is 0 Å². The Labute approximate surface area is 130 Å². The van der Waals surface area contributed by atoms with E-state index in [2.05, 4.69) is 6.58 Å². The van der Waals surface area contributed by atoms with Gasteiger partial charge in [0.2, 0.25) is 0 Å². The molecule has 2 aromatic carbocycles. The molecule has 0 saturated carbocycles. The van der Waals surface area contributed by atoms with Crippen molar-refractivity contribution in [3.05, 3.63) is 84.4 Å². The lowest BCUT2D eigenvalue weighted by Gasteiger charge is -2.15. The molecule has 0 heterocycles. The van der Waals surface area contributed by atoms with Crippen LogP contribution < -0.4 is 0 Å². The maximum atomic E-state index is 12.6. The second-order valence-electron chi connectivity index (χ2n) is 4.89. The van der Waals surface area contributed by atoms with Crippen molar-refractivity contribution in [2.24, 2.45) is 0 Å². The number of hydrogen-bond acceptors (Lipinski definition) is 3. The fourth-order valence-electron chi connectivity index (χ4n) is 2.22. The number of ketones is 1. The van der Waals surface area contributed by atoms with Crippen molar-refractivity contribution < 1.29 is 14.3 Å². The molecule has 0 aliphatic carbocycles. The molecule has 2 aromatic rings. The molecular weight excluding hydrogens is 276 g/mol. The van der Waals surface area contributed by atoms with Gasteiger partial charge in [-0.25, -0.2) is 0 Å². The van der Waals surface area contributed by atoms with E-state index in [4.69, 9.17) is 4.74 Å². The highest BCUT2D eigenvalue weighted by atomic mass is 16.5. The molecule has 3 heteroatoms. The van der Waals surface area contributed by atoms with Gasteiger partial charge in [0.25, 0.3) is 0 Å². The highest BCUT2D eigenvalue weighted by Crippen LogP contribution is 2.21. The predicted molar refractivity (Wildman–Crippen MR) is 85.5 cm³/mol. The quantitative estimate of drug-likeness (QED) is 0.447. The molecule has 0 saturated heterocycles. The van der Waals surface area contributed by atoms with E-state index in [0.717, 1.165) is 5.56 Å². The van der Waals surface area contributed by atoms with Crippen LogP contribution in [-0.2, 0) is 20.7 Å². The van der Waals surface area contributed by atoms with Crippen molar-refractivity contribution in [1.82, 2.24) is 0 Å². The first-order chi connectivity index (χ1) is 10.7. The van der Waals surface area contributed by atoms with Crippen LogP contribution in [0.15, 0.2) is 73.3 Å². The van der Waals surface area contributed by atoms with Gasteiger partial charge in [0.05, 0.1) is 0 Å². The number of rotatable bonds is 7. The molecule has 0 bridgehead atoms. The molecule has 0 aliphatic rings. The lowest BCUT2D eigenvalue weighted by Crippen LogP contribution is -2.25. The van der Waals surface area contributed by atoms with Crippen LogP contribution in [-0.4, -0.2) is 18.4 Å². The third-order valence-electron chi connectivity index (χ3n) is 3.26. The lowest BCUT2D eigenvalue weighted by atomic mass is 9.91. The van der Waals surface area contributed by atoms with Gasteiger partial charge in [0, 0.05) is 6.42 Å². The van der Waals surface area contributed by atoms with Crippen molar-refractivity contribution in [3.8, 4) is 0 Å². The topological polar surface area (TPSA) is 43.4 Å². The molecule has 112 valence electrons. The van der Waals surface area contributed by atoms with Crippen molar-refractivity contribution >= 4 is 11.8 Å². The molecule has 22 heavy (non-hydrogen) atoms. The number of hydrogen-bond donors (Lipinski definition) is 0. The number of Topliss-reactive ketones (excluding diaryl/α,β-unsaturated/α-hetero) is 1. The van der Waals surface area contributed by atoms with Crippen LogP contribution in [0, 0.1) is 0 Å². The van der Waals surface area contributed by atoms with Crippen LogP contribution in [0.25, 0.3) is 0 Å². The summed E-state index contributed by atoms with van der Waals surface area (Å²) in [4.78, 5) is 24.8. The van der Waals surface area contributed by atoms with Crippen molar-refractivity contribution in [2.75, 3.05) is 6.61 Å². The number of ether oxygens (including phenoxy) is 1. The Kier molecular flexibility index (Phi) is 5.66. The molecule has 0 spiro atoms. The maximum Gasteiger partial charge on any atom is 0.321 e. The van der Waals surface area contributed by atoms with E-state index in [9.17, 15) is 9.59 Å². The Morgan fingerprint density at radius 1 is 1.00 bits per heavy atom. The number of benzene rings is 2. The van der Waals surface area contributed by atoms with E-state index in [0.29, 0.717) is 5.56 Å². The normalized spacial score (nSPS) is 11.5. The van der Waals surface area contributed by atoms with Crippen molar-refractivity contribution in [3.63, 3.8) is 0 Å². The lowest BCUT2D eigenvalue weighted by molar-refractivity contribution is -0.147.